The molecule has 122 valence electrons. The van der Waals surface area contributed by atoms with E-state index in [0.29, 0.717) is 23.8 Å². The first-order valence-corrected chi connectivity index (χ1v) is 9.94. The van der Waals surface area contributed by atoms with Crippen molar-refractivity contribution in [3.8, 4) is 0 Å². The van der Waals surface area contributed by atoms with Crippen LogP contribution in [0.15, 0.2) is 16.3 Å². The molecule has 0 radical (unpaired) electrons. The maximum Gasteiger partial charge on any atom is 0.317 e. The fourth-order valence-electron chi connectivity index (χ4n) is 2.82. The van der Waals surface area contributed by atoms with E-state index in [9.17, 15) is 13.2 Å². The average molecular weight is 344 g/mol. The number of rotatable bonds is 4. The predicted molar refractivity (Wildman–Crippen MR) is 83.7 cm³/mol. The Labute approximate surface area is 134 Å². The van der Waals surface area contributed by atoms with Gasteiger partial charge in [-0.05, 0) is 25.0 Å². The molecule has 2 saturated heterocycles. The minimum atomic E-state index is -3.16. The summed E-state index contributed by atoms with van der Waals surface area (Å²) in [4.78, 5) is 14.8. The topological polar surface area (TPSA) is 75.7 Å². The lowest BCUT2D eigenvalue weighted by molar-refractivity contribution is -0.0238. The average Bonchev–Trinajstić information content (AvgIpc) is 3.11. The smallest absolute Gasteiger partial charge is 0.317 e. The fraction of sp³-hybridized carbons (Fsp3) is 0.643. The summed E-state index contributed by atoms with van der Waals surface area (Å²) in [5.41, 5.74) is 0. The summed E-state index contributed by atoms with van der Waals surface area (Å²) in [5, 5.41) is 2.87. The van der Waals surface area contributed by atoms with E-state index in [-0.39, 0.29) is 24.0 Å². The molecule has 0 spiro atoms. The number of urea groups is 1. The monoisotopic (exact) mass is 344 g/mol. The number of likely N-dealkylation sites (tertiary alicyclic amines) is 1. The number of amides is 2. The molecule has 22 heavy (non-hydrogen) atoms. The molecule has 1 N–H and O–H groups in total. The largest absolute Gasteiger partial charge is 0.371 e. The van der Waals surface area contributed by atoms with Gasteiger partial charge in [0.15, 0.2) is 9.84 Å². The normalized spacial score (nSPS) is 24.5. The molecule has 0 aliphatic carbocycles. The number of nitrogens with zero attached hydrogens (tertiary/aromatic N) is 1. The number of hydrogen-bond acceptors (Lipinski definition) is 5. The Hall–Kier alpha value is -1.12. The molecule has 6 nitrogen and oxygen atoms in total. The van der Waals surface area contributed by atoms with Crippen molar-refractivity contribution in [2.45, 2.75) is 42.7 Å². The van der Waals surface area contributed by atoms with Gasteiger partial charge in [0.05, 0.1) is 24.5 Å². The predicted octanol–water partition coefficient (Wildman–Crippen LogP) is 1.61. The maximum atomic E-state index is 12.2. The van der Waals surface area contributed by atoms with E-state index in [1.54, 1.807) is 24.0 Å². The highest BCUT2D eigenvalue weighted by molar-refractivity contribution is 7.93. The van der Waals surface area contributed by atoms with Crippen LogP contribution in [0.2, 0.25) is 0 Å². The summed E-state index contributed by atoms with van der Waals surface area (Å²) < 4.78 is 29.6. The number of carbonyl (C=O) groups excluding carboxylic acids is 1. The zero-order chi connectivity index (χ0) is 15.7. The second kappa shape index (κ2) is 6.17. The number of ether oxygens (including phenoxy) is 1. The highest BCUT2D eigenvalue weighted by Crippen LogP contribution is 2.26. The zero-order valence-electron chi connectivity index (χ0n) is 12.4. The number of carbonyl (C=O) groups is 1. The van der Waals surface area contributed by atoms with Crippen molar-refractivity contribution in [1.29, 1.82) is 0 Å². The minimum absolute atomic E-state index is 0.0931. The Bertz CT molecular complexity index is 644. The molecule has 2 fully saturated rings. The van der Waals surface area contributed by atoms with Crippen LogP contribution in [0, 0.1) is 0 Å². The molecule has 2 atom stereocenters. The molecule has 8 heteroatoms. The minimum Gasteiger partial charge on any atom is -0.371 e. The maximum absolute atomic E-state index is 12.2. The highest BCUT2D eigenvalue weighted by Gasteiger charge is 2.35. The van der Waals surface area contributed by atoms with Gasteiger partial charge in [0.2, 0.25) is 0 Å². The van der Waals surface area contributed by atoms with Crippen molar-refractivity contribution in [3.63, 3.8) is 0 Å². The Morgan fingerprint density at radius 3 is 2.68 bits per heavy atom. The van der Waals surface area contributed by atoms with Crippen LogP contribution in [0.3, 0.4) is 0 Å². The molecule has 2 unspecified atom stereocenters. The van der Waals surface area contributed by atoms with Gasteiger partial charge in [-0.15, -0.1) is 11.3 Å². The molecule has 0 aromatic carbocycles. The van der Waals surface area contributed by atoms with E-state index < -0.39 is 9.84 Å². The van der Waals surface area contributed by atoms with Gasteiger partial charge in [-0.25, -0.2) is 13.2 Å². The third kappa shape index (κ3) is 3.28. The van der Waals surface area contributed by atoms with Gasteiger partial charge in [-0.1, -0.05) is 6.92 Å². The standard InChI is InChI=1S/C14H20N2O4S2/c1-2-22(18,19)13-6-5-12(21-13)7-15-14(17)16-8-10-3-4-11(9-16)20-10/h5-6,10-11H,2-4,7-9H2,1H3,(H,15,17). The van der Waals surface area contributed by atoms with Crippen molar-refractivity contribution in [1.82, 2.24) is 10.2 Å². The van der Waals surface area contributed by atoms with E-state index in [1.165, 1.54) is 11.3 Å². The summed E-state index contributed by atoms with van der Waals surface area (Å²) in [5.74, 6) is 0.0931. The van der Waals surface area contributed by atoms with Gasteiger partial charge < -0.3 is 15.0 Å². The Kier molecular flexibility index (Phi) is 4.42. The molecule has 1 aromatic rings. The van der Waals surface area contributed by atoms with Crippen molar-refractivity contribution >= 4 is 27.2 Å². The van der Waals surface area contributed by atoms with Gasteiger partial charge in [0.25, 0.3) is 0 Å². The van der Waals surface area contributed by atoms with Crippen molar-refractivity contribution in [2.75, 3.05) is 18.8 Å². The van der Waals surface area contributed by atoms with E-state index in [2.05, 4.69) is 5.32 Å². The molecule has 3 rings (SSSR count). The molecule has 3 heterocycles. The van der Waals surface area contributed by atoms with E-state index in [4.69, 9.17) is 4.74 Å². The molecule has 2 aliphatic heterocycles. The van der Waals surface area contributed by atoms with Gasteiger partial charge in [0.1, 0.15) is 4.21 Å². The number of hydrogen-bond donors (Lipinski definition) is 1. The van der Waals surface area contributed by atoms with Crippen molar-refractivity contribution < 1.29 is 17.9 Å². The van der Waals surface area contributed by atoms with Gasteiger partial charge in [-0.2, -0.15) is 0 Å². The van der Waals surface area contributed by atoms with Crippen LogP contribution in [0.1, 0.15) is 24.6 Å². The summed E-state index contributed by atoms with van der Waals surface area (Å²) >= 11 is 1.22. The summed E-state index contributed by atoms with van der Waals surface area (Å²) in [6.07, 6.45) is 2.40. The summed E-state index contributed by atoms with van der Waals surface area (Å²) in [6, 6.07) is 3.27. The van der Waals surface area contributed by atoms with Crippen LogP contribution in [0.25, 0.3) is 0 Å². The van der Waals surface area contributed by atoms with Crippen LogP contribution in [0.4, 0.5) is 4.79 Å². The van der Waals surface area contributed by atoms with Crippen molar-refractivity contribution in [3.05, 3.63) is 17.0 Å². The fourth-order valence-corrected chi connectivity index (χ4v) is 5.24. The quantitative estimate of drug-likeness (QED) is 0.900. The molecule has 1 aromatic heterocycles. The van der Waals surface area contributed by atoms with Crippen LogP contribution in [-0.4, -0.2) is 50.4 Å². The number of sulfone groups is 1. The van der Waals surface area contributed by atoms with E-state index in [0.717, 1.165) is 17.7 Å². The molecule has 2 amide bonds. The van der Waals surface area contributed by atoms with E-state index >= 15 is 0 Å². The van der Waals surface area contributed by atoms with Crippen LogP contribution >= 0.6 is 11.3 Å². The number of thiophene rings is 1. The number of morpholine rings is 1. The van der Waals surface area contributed by atoms with Crippen LogP contribution in [0.5, 0.6) is 0 Å². The lowest BCUT2D eigenvalue weighted by Crippen LogP contribution is -2.49. The Morgan fingerprint density at radius 2 is 2.05 bits per heavy atom. The number of nitrogens with one attached hydrogen (secondary N) is 1. The lowest BCUT2D eigenvalue weighted by Gasteiger charge is -2.32. The molecule has 0 saturated carbocycles. The van der Waals surface area contributed by atoms with Gasteiger partial charge in [0, 0.05) is 18.0 Å². The molecular weight excluding hydrogens is 324 g/mol. The second-order valence-electron chi connectivity index (χ2n) is 5.65. The molecule has 2 bridgehead atoms. The number of fused-ring (bicyclic) bond motifs is 2. The first-order valence-electron chi connectivity index (χ1n) is 7.47. The second-order valence-corrected chi connectivity index (χ2v) is 9.32. The first kappa shape index (κ1) is 15.8. The Balaban J connectivity index is 1.55. The van der Waals surface area contributed by atoms with Gasteiger partial charge >= 0.3 is 6.03 Å². The summed E-state index contributed by atoms with van der Waals surface area (Å²) in [7, 11) is -3.16. The van der Waals surface area contributed by atoms with Crippen LogP contribution < -0.4 is 5.32 Å². The van der Waals surface area contributed by atoms with E-state index in [1.807, 2.05) is 0 Å². The highest BCUT2D eigenvalue weighted by atomic mass is 32.2. The third-order valence-electron chi connectivity index (χ3n) is 4.07. The Morgan fingerprint density at radius 1 is 1.36 bits per heavy atom. The lowest BCUT2D eigenvalue weighted by atomic mass is 10.2. The zero-order valence-corrected chi connectivity index (χ0v) is 14.1. The third-order valence-corrected chi connectivity index (χ3v) is 7.47. The van der Waals surface area contributed by atoms with Crippen LogP contribution in [-0.2, 0) is 21.1 Å². The van der Waals surface area contributed by atoms with Crippen molar-refractivity contribution in [2.24, 2.45) is 0 Å². The first-order chi connectivity index (χ1) is 10.5. The van der Waals surface area contributed by atoms with Gasteiger partial charge in [-0.3, -0.25) is 0 Å². The molecular formula is C14H20N2O4S2. The SMILES string of the molecule is CCS(=O)(=O)c1ccc(CNC(=O)N2CC3CCC(C2)O3)s1. The summed E-state index contributed by atoms with van der Waals surface area (Å²) in [6.45, 7) is 3.27. The molecule has 2 aliphatic rings.